The maximum atomic E-state index is 5.92. The van der Waals surface area contributed by atoms with Gasteiger partial charge in [0, 0.05) is 14.2 Å². The van der Waals surface area contributed by atoms with Gasteiger partial charge in [-0.05, 0) is 42.7 Å². The molecule has 0 aliphatic carbocycles. The van der Waals surface area contributed by atoms with Crippen molar-refractivity contribution in [2.24, 2.45) is 0 Å². The van der Waals surface area contributed by atoms with Crippen LogP contribution in [-0.2, 0) is 28.4 Å². The van der Waals surface area contributed by atoms with E-state index in [1.165, 1.54) is 22.3 Å². The van der Waals surface area contributed by atoms with E-state index in [-0.39, 0.29) is 0 Å². The molecule has 0 amide bonds. The molecule has 36 heavy (non-hydrogen) atoms. The number of rotatable bonds is 21. The van der Waals surface area contributed by atoms with Gasteiger partial charge in [0.1, 0.15) is 12.4 Å². The van der Waals surface area contributed by atoms with Crippen molar-refractivity contribution < 1.29 is 33.2 Å². The van der Waals surface area contributed by atoms with E-state index >= 15 is 0 Å². The van der Waals surface area contributed by atoms with Crippen LogP contribution in [0.15, 0.2) is 36.4 Å². The van der Waals surface area contributed by atoms with Gasteiger partial charge in [0.2, 0.25) is 0 Å². The summed E-state index contributed by atoms with van der Waals surface area (Å²) in [7, 11) is 3.55. The Morgan fingerprint density at radius 2 is 1.14 bits per heavy atom. The topological polar surface area (TPSA) is 76.6 Å². The Morgan fingerprint density at radius 3 is 1.67 bits per heavy atom. The molecule has 8 nitrogen and oxygen atoms in total. The second-order valence-corrected chi connectivity index (χ2v) is 8.18. The van der Waals surface area contributed by atoms with Crippen molar-refractivity contribution in [1.29, 1.82) is 0 Å². The number of hydrogen-bond donors (Lipinski definition) is 1. The Hall–Kier alpha value is -2.20. The van der Waals surface area contributed by atoms with Crippen molar-refractivity contribution in [2.75, 3.05) is 98.8 Å². The lowest BCUT2D eigenvalue weighted by Crippen LogP contribution is -2.14. The Kier molecular flexibility index (Phi) is 15.8. The molecule has 0 unspecified atom stereocenters. The second-order valence-electron chi connectivity index (χ2n) is 8.18. The van der Waals surface area contributed by atoms with Gasteiger partial charge >= 0.3 is 0 Å². The summed E-state index contributed by atoms with van der Waals surface area (Å²) in [5, 5.41) is 3.23. The van der Waals surface area contributed by atoms with Gasteiger partial charge in [-0.15, -0.1) is 0 Å². The highest BCUT2D eigenvalue weighted by Gasteiger charge is 2.08. The fourth-order valence-electron chi connectivity index (χ4n) is 3.40. The third-order valence-corrected chi connectivity index (χ3v) is 5.36. The summed E-state index contributed by atoms with van der Waals surface area (Å²) in [5.74, 6) is 0.811. The summed E-state index contributed by atoms with van der Waals surface area (Å²) in [6.07, 6.45) is 0. The van der Waals surface area contributed by atoms with Gasteiger partial charge in [-0.1, -0.05) is 29.8 Å². The SMILES string of the molecule is CNc1cc(-c2cc(C)ccc2C)ccc1OCCOCCOCCOCCOCCOCCOC. The van der Waals surface area contributed by atoms with Crippen LogP contribution in [0.2, 0.25) is 0 Å². The standard InChI is InChI=1S/C28H43NO7/c1-23-5-6-24(2)26(21-23)25-7-8-28(27(22-25)29-3)36-20-19-35-18-17-34-16-15-33-14-13-32-12-11-31-10-9-30-4/h5-8,21-22,29H,9-20H2,1-4H3. The van der Waals surface area contributed by atoms with E-state index in [9.17, 15) is 0 Å². The van der Waals surface area contributed by atoms with Crippen LogP contribution in [0.25, 0.3) is 11.1 Å². The molecule has 0 aliphatic rings. The molecular formula is C28H43NO7. The van der Waals surface area contributed by atoms with Crippen molar-refractivity contribution in [3.63, 3.8) is 0 Å². The van der Waals surface area contributed by atoms with E-state index in [1.54, 1.807) is 7.11 Å². The fourth-order valence-corrected chi connectivity index (χ4v) is 3.40. The van der Waals surface area contributed by atoms with Crippen molar-refractivity contribution in [3.05, 3.63) is 47.5 Å². The van der Waals surface area contributed by atoms with Crippen molar-refractivity contribution in [2.45, 2.75) is 13.8 Å². The summed E-state index contributed by atoms with van der Waals surface area (Å²) in [4.78, 5) is 0. The van der Waals surface area contributed by atoms with Crippen LogP contribution in [-0.4, -0.2) is 93.4 Å². The van der Waals surface area contributed by atoms with Crippen LogP contribution in [0.1, 0.15) is 11.1 Å². The van der Waals surface area contributed by atoms with Gasteiger partial charge < -0.3 is 38.5 Å². The van der Waals surface area contributed by atoms with Crippen molar-refractivity contribution in [3.8, 4) is 16.9 Å². The molecule has 0 aliphatic heterocycles. The highest BCUT2D eigenvalue weighted by molar-refractivity contribution is 5.74. The lowest BCUT2D eigenvalue weighted by Gasteiger charge is -2.14. The van der Waals surface area contributed by atoms with Gasteiger partial charge in [-0.25, -0.2) is 0 Å². The summed E-state index contributed by atoms with van der Waals surface area (Å²) in [6.45, 7) is 10.7. The molecule has 1 N–H and O–H groups in total. The summed E-state index contributed by atoms with van der Waals surface area (Å²) >= 11 is 0. The number of ether oxygens (including phenoxy) is 7. The number of nitrogens with one attached hydrogen (secondary N) is 1. The maximum absolute atomic E-state index is 5.92. The number of hydrogen-bond acceptors (Lipinski definition) is 8. The molecule has 0 aromatic heterocycles. The average molecular weight is 506 g/mol. The first-order valence-corrected chi connectivity index (χ1v) is 12.6. The lowest BCUT2D eigenvalue weighted by atomic mass is 9.98. The van der Waals surface area contributed by atoms with Crippen LogP contribution in [0, 0.1) is 13.8 Å². The van der Waals surface area contributed by atoms with Gasteiger partial charge in [0.15, 0.2) is 0 Å². The van der Waals surface area contributed by atoms with E-state index in [4.69, 9.17) is 33.2 Å². The van der Waals surface area contributed by atoms with Crippen LogP contribution in [0.4, 0.5) is 5.69 Å². The largest absolute Gasteiger partial charge is 0.489 e. The molecule has 0 radical (unpaired) electrons. The monoisotopic (exact) mass is 505 g/mol. The molecule has 0 atom stereocenters. The highest BCUT2D eigenvalue weighted by Crippen LogP contribution is 2.32. The highest BCUT2D eigenvalue weighted by atomic mass is 16.6. The fraction of sp³-hybridized carbons (Fsp3) is 0.571. The maximum Gasteiger partial charge on any atom is 0.142 e. The molecule has 2 rings (SSSR count). The third-order valence-electron chi connectivity index (χ3n) is 5.36. The van der Waals surface area contributed by atoms with E-state index in [0.717, 1.165) is 11.4 Å². The van der Waals surface area contributed by atoms with Gasteiger partial charge in [-0.2, -0.15) is 0 Å². The summed E-state index contributed by atoms with van der Waals surface area (Å²) in [5.41, 5.74) is 5.86. The zero-order valence-electron chi connectivity index (χ0n) is 22.3. The predicted octanol–water partition coefficient (Wildman–Crippen LogP) is 4.12. The van der Waals surface area contributed by atoms with Crippen molar-refractivity contribution >= 4 is 5.69 Å². The quantitative estimate of drug-likeness (QED) is 0.254. The molecule has 0 spiro atoms. The van der Waals surface area contributed by atoms with E-state index < -0.39 is 0 Å². The average Bonchev–Trinajstić information content (AvgIpc) is 2.89. The minimum absolute atomic E-state index is 0.470. The van der Waals surface area contributed by atoms with E-state index in [1.807, 2.05) is 13.1 Å². The Morgan fingerprint density at radius 1 is 0.611 bits per heavy atom. The number of benzene rings is 2. The molecule has 2 aromatic carbocycles. The molecular weight excluding hydrogens is 462 g/mol. The number of anilines is 1. The molecule has 2 aromatic rings. The first kappa shape index (κ1) is 30.0. The van der Waals surface area contributed by atoms with Crippen LogP contribution < -0.4 is 10.1 Å². The normalized spacial score (nSPS) is 11.1. The van der Waals surface area contributed by atoms with Crippen LogP contribution in [0.3, 0.4) is 0 Å². The first-order chi connectivity index (χ1) is 17.7. The second kappa shape index (κ2) is 19.0. The van der Waals surface area contributed by atoms with E-state index in [0.29, 0.717) is 79.3 Å². The summed E-state index contributed by atoms with van der Waals surface area (Å²) < 4.78 is 38.1. The lowest BCUT2D eigenvalue weighted by molar-refractivity contribution is -0.0159. The molecule has 0 bridgehead atoms. The minimum Gasteiger partial charge on any atom is -0.489 e. The van der Waals surface area contributed by atoms with Crippen LogP contribution >= 0.6 is 0 Å². The summed E-state index contributed by atoms with van der Waals surface area (Å²) in [6, 6.07) is 12.7. The molecule has 0 heterocycles. The zero-order valence-corrected chi connectivity index (χ0v) is 22.3. The Balaban J connectivity index is 1.48. The molecule has 202 valence electrons. The zero-order chi connectivity index (χ0) is 25.8. The van der Waals surface area contributed by atoms with Crippen molar-refractivity contribution in [1.82, 2.24) is 0 Å². The van der Waals surface area contributed by atoms with Gasteiger partial charge in [-0.3, -0.25) is 0 Å². The Labute approximate surface area is 216 Å². The molecule has 8 heteroatoms. The first-order valence-electron chi connectivity index (χ1n) is 12.6. The third kappa shape index (κ3) is 12.2. The number of methoxy groups -OCH3 is 1. The van der Waals surface area contributed by atoms with Gasteiger partial charge in [0.25, 0.3) is 0 Å². The van der Waals surface area contributed by atoms with E-state index in [2.05, 4.69) is 49.5 Å². The molecule has 0 saturated carbocycles. The smallest absolute Gasteiger partial charge is 0.142 e. The molecule has 0 saturated heterocycles. The minimum atomic E-state index is 0.470. The predicted molar refractivity (Wildman–Crippen MR) is 142 cm³/mol. The molecule has 0 fully saturated rings. The Bertz CT molecular complexity index is 847. The van der Waals surface area contributed by atoms with Crippen LogP contribution in [0.5, 0.6) is 5.75 Å². The number of aryl methyl sites for hydroxylation is 2. The van der Waals surface area contributed by atoms with Gasteiger partial charge in [0.05, 0.1) is 78.4 Å².